The molecule has 0 aliphatic carbocycles. The fraction of sp³-hybridized carbons (Fsp3) is 0.722. The molecule has 0 spiro atoms. The number of guanidine groups is 1. The topological polar surface area (TPSA) is 39.7 Å². The Labute approximate surface area is 145 Å². The third kappa shape index (κ3) is 6.92. The monoisotopic (exact) mass is 336 g/mol. The number of nitrogens with zero attached hydrogens (tertiary/aromatic N) is 2. The normalized spacial score (nSPS) is 19.7. The molecular weight excluding hydrogens is 304 g/mol. The molecule has 2 N–H and O–H groups in total. The summed E-state index contributed by atoms with van der Waals surface area (Å²) in [5, 5.41) is 8.91. The molecule has 0 saturated carbocycles. The zero-order valence-electron chi connectivity index (χ0n) is 14.7. The molecule has 0 amide bonds. The van der Waals surface area contributed by atoms with Gasteiger partial charge in [-0.05, 0) is 57.5 Å². The van der Waals surface area contributed by atoms with Gasteiger partial charge in [0.05, 0.1) is 0 Å². The van der Waals surface area contributed by atoms with E-state index in [9.17, 15) is 0 Å². The molecule has 4 nitrogen and oxygen atoms in total. The summed E-state index contributed by atoms with van der Waals surface area (Å²) in [5.41, 5.74) is 0. The minimum atomic E-state index is 0.755. The Kier molecular flexibility index (Phi) is 8.47. The van der Waals surface area contributed by atoms with Gasteiger partial charge in [-0.3, -0.25) is 4.99 Å². The fourth-order valence-corrected chi connectivity index (χ4v) is 3.76. The molecule has 0 aromatic carbocycles. The van der Waals surface area contributed by atoms with E-state index in [-0.39, 0.29) is 0 Å². The fourth-order valence-electron chi connectivity index (χ4n) is 3.06. The lowest BCUT2D eigenvalue weighted by Crippen LogP contribution is -2.39. The SMILES string of the molecule is CCNC(=NCCCN1CCCCC1C)NCCc1cccs1. The smallest absolute Gasteiger partial charge is 0.191 e. The molecule has 1 aliphatic heterocycles. The summed E-state index contributed by atoms with van der Waals surface area (Å²) in [7, 11) is 0. The number of rotatable bonds is 8. The Morgan fingerprint density at radius 3 is 3.04 bits per heavy atom. The molecule has 1 saturated heterocycles. The van der Waals surface area contributed by atoms with Crippen LogP contribution in [-0.2, 0) is 6.42 Å². The van der Waals surface area contributed by atoms with Crippen molar-refractivity contribution in [3.63, 3.8) is 0 Å². The molecule has 2 heterocycles. The average molecular weight is 337 g/mol. The second kappa shape index (κ2) is 10.7. The summed E-state index contributed by atoms with van der Waals surface area (Å²) in [4.78, 5) is 8.76. The predicted octanol–water partition coefficient (Wildman–Crippen LogP) is 3.11. The van der Waals surface area contributed by atoms with Crippen molar-refractivity contribution < 1.29 is 0 Å². The molecule has 0 bridgehead atoms. The summed E-state index contributed by atoms with van der Waals surface area (Å²) >= 11 is 1.82. The van der Waals surface area contributed by atoms with Crippen molar-refractivity contribution in [1.82, 2.24) is 15.5 Å². The summed E-state index contributed by atoms with van der Waals surface area (Å²) in [5.74, 6) is 0.954. The summed E-state index contributed by atoms with van der Waals surface area (Å²) in [6.45, 7) is 9.68. The van der Waals surface area contributed by atoms with Crippen molar-refractivity contribution in [3.8, 4) is 0 Å². The van der Waals surface area contributed by atoms with E-state index in [0.29, 0.717) is 0 Å². The average Bonchev–Trinajstić information content (AvgIpc) is 3.06. The van der Waals surface area contributed by atoms with Gasteiger partial charge in [-0.2, -0.15) is 0 Å². The highest BCUT2D eigenvalue weighted by atomic mass is 32.1. The van der Waals surface area contributed by atoms with Crippen molar-refractivity contribution in [2.45, 2.75) is 52.0 Å². The van der Waals surface area contributed by atoms with Crippen molar-refractivity contribution >= 4 is 17.3 Å². The first kappa shape index (κ1) is 18.3. The van der Waals surface area contributed by atoms with Crippen LogP contribution in [0.3, 0.4) is 0 Å². The highest BCUT2D eigenvalue weighted by Crippen LogP contribution is 2.16. The molecule has 1 aromatic rings. The summed E-state index contributed by atoms with van der Waals surface area (Å²) < 4.78 is 0. The van der Waals surface area contributed by atoms with Crippen LogP contribution in [-0.4, -0.2) is 49.6 Å². The number of piperidine rings is 1. The standard InChI is InChI=1S/C18H32N4S/c1-3-19-18(21-12-10-17-9-6-15-23-17)20-11-7-14-22-13-5-4-8-16(22)2/h6,9,15-16H,3-5,7-8,10-14H2,1-2H3,(H2,19,20,21). The van der Waals surface area contributed by atoms with Gasteiger partial charge < -0.3 is 15.5 Å². The quantitative estimate of drug-likeness (QED) is 0.435. The van der Waals surface area contributed by atoms with Gasteiger partial charge in [0.15, 0.2) is 5.96 Å². The van der Waals surface area contributed by atoms with Crippen LogP contribution in [0, 0.1) is 0 Å². The van der Waals surface area contributed by atoms with Gasteiger partial charge in [-0.1, -0.05) is 12.5 Å². The van der Waals surface area contributed by atoms with E-state index in [1.807, 2.05) is 11.3 Å². The lowest BCUT2D eigenvalue weighted by atomic mass is 10.0. The van der Waals surface area contributed by atoms with E-state index in [0.717, 1.165) is 44.5 Å². The van der Waals surface area contributed by atoms with Crippen LogP contribution in [0.5, 0.6) is 0 Å². The second-order valence-electron chi connectivity index (χ2n) is 6.25. The first-order valence-electron chi connectivity index (χ1n) is 9.08. The van der Waals surface area contributed by atoms with Gasteiger partial charge in [-0.25, -0.2) is 0 Å². The zero-order chi connectivity index (χ0) is 16.3. The second-order valence-corrected chi connectivity index (χ2v) is 7.28. The van der Waals surface area contributed by atoms with Crippen molar-refractivity contribution in [1.29, 1.82) is 0 Å². The van der Waals surface area contributed by atoms with Gasteiger partial charge in [0.2, 0.25) is 0 Å². The summed E-state index contributed by atoms with van der Waals surface area (Å²) in [6.07, 6.45) is 6.32. The molecular formula is C18H32N4S. The van der Waals surface area contributed by atoms with Crippen molar-refractivity contribution in [3.05, 3.63) is 22.4 Å². The summed E-state index contributed by atoms with van der Waals surface area (Å²) in [6, 6.07) is 5.06. The number of likely N-dealkylation sites (tertiary alicyclic amines) is 1. The number of thiophene rings is 1. The van der Waals surface area contributed by atoms with E-state index < -0.39 is 0 Å². The number of hydrogen-bond donors (Lipinski definition) is 2. The Morgan fingerprint density at radius 1 is 1.39 bits per heavy atom. The van der Waals surface area contributed by atoms with Crippen LogP contribution in [0.2, 0.25) is 0 Å². The third-order valence-corrected chi connectivity index (χ3v) is 5.34. The number of aliphatic imine (C=N–C) groups is 1. The third-order valence-electron chi connectivity index (χ3n) is 4.40. The minimum Gasteiger partial charge on any atom is -0.357 e. The van der Waals surface area contributed by atoms with E-state index in [1.54, 1.807) is 0 Å². The molecule has 23 heavy (non-hydrogen) atoms. The molecule has 5 heteroatoms. The van der Waals surface area contributed by atoms with Crippen LogP contribution in [0.4, 0.5) is 0 Å². The number of nitrogens with one attached hydrogen (secondary N) is 2. The molecule has 1 aliphatic rings. The highest BCUT2D eigenvalue weighted by Gasteiger charge is 2.16. The molecule has 1 aromatic heterocycles. The molecule has 1 fully saturated rings. The Bertz CT molecular complexity index is 444. The Hall–Kier alpha value is -1.07. The Morgan fingerprint density at radius 2 is 2.30 bits per heavy atom. The van der Waals surface area contributed by atoms with E-state index in [1.165, 1.54) is 37.2 Å². The van der Waals surface area contributed by atoms with E-state index in [2.05, 4.69) is 46.9 Å². The maximum absolute atomic E-state index is 4.71. The van der Waals surface area contributed by atoms with Gasteiger partial charge in [0, 0.05) is 37.1 Å². The van der Waals surface area contributed by atoms with Crippen molar-refractivity contribution in [2.75, 3.05) is 32.7 Å². The van der Waals surface area contributed by atoms with Crippen LogP contribution < -0.4 is 10.6 Å². The largest absolute Gasteiger partial charge is 0.357 e. The molecule has 1 unspecified atom stereocenters. The van der Waals surface area contributed by atoms with Gasteiger partial charge in [0.1, 0.15) is 0 Å². The maximum atomic E-state index is 4.71. The van der Waals surface area contributed by atoms with Crippen LogP contribution >= 0.6 is 11.3 Å². The van der Waals surface area contributed by atoms with Crippen LogP contribution in [0.1, 0.15) is 44.4 Å². The highest BCUT2D eigenvalue weighted by molar-refractivity contribution is 7.09. The van der Waals surface area contributed by atoms with Crippen molar-refractivity contribution in [2.24, 2.45) is 4.99 Å². The minimum absolute atomic E-state index is 0.755. The number of hydrogen-bond acceptors (Lipinski definition) is 3. The zero-order valence-corrected chi connectivity index (χ0v) is 15.5. The van der Waals surface area contributed by atoms with Crippen LogP contribution in [0.15, 0.2) is 22.5 Å². The molecule has 0 radical (unpaired) electrons. The molecule has 1 atom stereocenters. The lowest BCUT2D eigenvalue weighted by Gasteiger charge is -2.33. The van der Waals surface area contributed by atoms with E-state index >= 15 is 0 Å². The predicted molar refractivity (Wildman–Crippen MR) is 102 cm³/mol. The Balaban J connectivity index is 1.66. The molecule has 130 valence electrons. The maximum Gasteiger partial charge on any atom is 0.191 e. The lowest BCUT2D eigenvalue weighted by molar-refractivity contribution is 0.160. The molecule has 2 rings (SSSR count). The first-order chi connectivity index (χ1) is 11.3. The first-order valence-corrected chi connectivity index (χ1v) is 9.96. The van der Waals surface area contributed by atoms with Gasteiger partial charge >= 0.3 is 0 Å². The van der Waals surface area contributed by atoms with Gasteiger partial charge in [0.25, 0.3) is 0 Å². The van der Waals surface area contributed by atoms with E-state index in [4.69, 9.17) is 4.99 Å². The van der Waals surface area contributed by atoms with Gasteiger partial charge in [-0.15, -0.1) is 11.3 Å². The van der Waals surface area contributed by atoms with Crippen LogP contribution in [0.25, 0.3) is 0 Å².